The summed E-state index contributed by atoms with van der Waals surface area (Å²) in [5.74, 6) is -0.569. The molecule has 0 unspecified atom stereocenters. The number of carbonyl (C=O) groups is 1. The van der Waals surface area contributed by atoms with Gasteiger partial charge in [0.2, 0.25) is 0 Å². The van der Waals surface area contributed by atoms with Crippen LogP contribution in [0, 0.1) is 11.3 Å². The molecule has 0 aliphatic carbocycles. The molecule has 1 aromatic heterocycles. The van der Waals surface area contributed by atoms with Crippen LogP contribution in [-0.4, -0.2) is 43.8 Å². The van der Waals surface area contributed by atoms with E-state index in [2.05, 4.69) is 10.2 Å². The number of methoxy groups -OCH3 is 1. The summed E-state index contributed by atoms with van der Waals surface area (Å²) in [6.45, 7) is 3.85. The number of anilines is 2. The summed E-state index contributed by atoms with van der Waals surface area (Å²) in [4.78, 5) is 14.3. The first-order valence-corrected chi connectivity index (χ1v) is 7.71. The Morgan fingerprint density at radius 1 is 1.25 bits per heavy atom. The molecule has 1 saturated heterocycles. The topological polar surface area (TPSA) is 96.3 Å². The monoisotopic (exact) mass is 325 g/mol. The Bertz CT molecular complexity index is 783. The Kier molecular flexibility index (Phi) is 4.40. The maximum Gasteiger partial charge on any atom is 0.357 e. The Morgan fingerprint density at radius 3 is 2.46 bits per heavy atom. The van der Waals surface area contributed by atoms with Gasteiger partial charge in [0, 0.05) is 43.8 Å². The molecule has 7 heteroatoms. The predicted octanol–water partition coefficient (Wildman–Crippen LogP) is 1.13. The Balaban J connectivity index is 1.97. The lowest BCUT2D eigenvalue weighted by atomic mass is 10.2. The van der Waals surface area contributed by atoms with E-state index >= 15 is 0 Å². The highest BCUT2D eigenvalue weighted by molar-refractivity contribution is 5.95. The van der Waals surface area contributed by atoms with Crippen molar-refractivity contribution in [3.05, 3.63) is 41.7 Å². The predicted molar refractivity (Wildman–Crippen MR) is 91.3 cm³/mol. The summed E-state index contributed by atoms with van der Waals surface area (Å²) in [6.07, 6.45) is 1.56. The molecule has 0 saturated carbocycles. The average molecular weight is 325 g/mol. The number of nitrogens with zero attached hydrogens (tertiary/aromatic N) is 3. The lowest BCUT2D eigenvalue weighted by molar-refractivity contribution is 0.0593. The van der Waals surface area contributed by atoms with Crippen LogP contribution >= 0.6 is 0 Å². The van der Waals surface area contributed by atoms with Crippen molar-refractivity contribution in [2.45, 2.75) is 0 Å². The van der Waals surface area contributed by atoms with Crippen LogP contribution in [0.3, 0.4) is 0 Å². The molecule has 3 rings (SSSR count). The zero-order valence-corrected chi connectivity index (χ0v) is 13.5. The molecule has 0 amide bonds. The van der Waals surface area contributed by atoms with Crippen molar-refractivity contribution in [3.8, 4) is 11.8 Å². The Hall–Kier alpha value is -2.98. The van der Waals surface area contributed by atoms with Crippen LogP contribution in [0.2, 0.25) is 0 Å². The van der Waals surface area contributed by atoms with Gasteiger partial charge in [0.25, 0.3) is 0 Å². The van der Waals surface area contributed by atoms with Crippen LogP contribution in [0.15, 0.2) is 30.5 Å². The molecule has 0 atom stereocenters. The number of nitrogen functional groups attached to an aromatic ring is 1. The smallest absolute Gasteiger partial charge is 0.357 e. The van der Waals surface area contributed by atoms with Crippen LogP contribution in [0.5, 0.6) is 0 Å². The van der Waals surface area contributed by atoms with Gasteiger partial charge in [-0.3, -0.25) is 0 Å². The SMILES string of the molecule is COC(=O)c1c(N)c(C#N)cn1-c1ccc(N2CCNCC2)cc1. The first kappa shape index (κ1) is 15.9. The first-order chi connectivity index (χ1) is 11.7. The molecular weight excluding hydrogens is 306 g/mol. The zero-order valence-electron chi connectivity index (χ0n) is 13.5. The van der Waals surface area contributed by atoms with Crippen LogP contribution in [-0.2, 0) is 4.74 Å². The van der Waals surface area contributed by atoms with Crippen molar-refractivity contribution in [2.75, 3.05) is 43.9 Å². The highest BCUT2D eigenvalue weighted by Gasteiger charge is 2.21. The molecular formula is C17H19N5O2. The van der Waals surface area contributed by atoms with Crippen molar-refractivity contribution >= 4 is 17.3 Å². The summed E-state index contributed by atoms with van der Waals surface area (Å²) in [5.41, 5.74) is 8.35. The summed E-state index contributed by atoms with van der Waals surface area (Å²) in [7, 11) is 1.29. The van der Waals surface area contributed by atoms with Gasteiger partial charge in [-0.2, -0.15) is 5.26 Å². The van der Waals surface area contributed by atoms with Gasteiger partial charge in [0.15, 0.2) is 5.69 Å². The number of hydrogen-bond donors (Lipinski definition) is 2. The third-order valence-corrected chi connectivity index (χ3v) is 4.15. The number of aromatic nitrogens is 1. The van der Waals surface area contributed by atoms with Crippen molar-refractivity contribution in [2.24, 2.45) is 0 Å². The minimum Gasteiger partial charge on any atom is -0.464 e. The fraction of sp³-hybridized carbons (Fsp3) is 0.294. The maximum absolute atomic E-state index is 12.0. The summed E-state index contributed by atoms with van der Waals surface area (Å²) < 4.78 is 6.39. The molecule has 0 bridgehead atoms. The first-order valence-electron chi connectivity index (χ1n) is 7.71. The van der Waals surface area contributed by atoms with E-state index in [1.54, 1.807) is 10.8 Å². The molecule has 24 heavy (non-hydrogen) atoms. The van der Waals surface area contributed by atoms with E-state index < -0.39 is 5.97 Å². The average Bonchev–Trinajstić information content (AvgIpc) is 2.98. The number of carbonyl (C=O) groups excluding carboxylic acids is 1. The molecule has 3 N–H and O–H groups in total. The molecule has 0 radical (unpaired) electrons. The lowest BCUT2D eigenvalue weighted by Gasteiger charge is -2.29. The van der Waals surface area contributed by atoms with E-state index in [1.807, 2.05) is 30.3 Å². The number of nitrogens with one attached hydrogen (secondary N) is 1. The van der Waals surface area contributed by atoms with Gasteiger partial charge < -0.3 is 25.3 Å². The molecule has 124 valence electrons. The quantitative estimate of drug-likeness (QED) is 0.821. The van der Waals surface area contributed by atoms with Crippen molar-refractivity contribution in [3.63, 3.8) is 0 Å². The number of rotatable bonds is 3. The number of esters is 1. The maximum atomic E-state index is 12.0. The minimum atomic E-state index is -0.569. The summed E-state index contributed by atoms with van der Waals surface area (Å²) in [6, 6.07) is 9.82. The lowest BCUT2D eigenvalue weighted by Crippen LogP contribution is -2.43. The number of hydrogen-bond acceptors (Lipinski definition) is 6. The van der Waals surface area contributed by atoms with Gasteiger partial charge in [-0.15, -0.1) is 0 Å². The fourth-order valence-corrected chi connectivity index (χ4v) is 2.87. The van der Waals surface area contributed by atoms with Gasteiger partial charge >= 0.3 is 5.97 Å². The molecule has 2 aromatic rings. The number of nitriles is 1. The molecule has 2 heterocycles. The van der Waals surface area contributed by atoms with E-state index in [4.69, 9.17) is 15.7 Å². The van der Waals surface area contributed by atoms with Gasteiger partial charge in [-0.05, 0) is 24.3 Å². The third-order valence-electron chi connectivity index (χ3n) is 4.15. The molecule has 7 nitrogen and oxygen atoms in total. The van der Waals surface area contributed by atoms with Crippen molar-refractivity contribution in [1.29, 1.82) is 5.26 Å². The zero-order chi connectivity index (χ0) is 17.1. The second-order valence-electron chi connectivity index (χ2n) is 5.53. The largest absolute Gasteiger partial charge is 0.464 e. The van der Waals surface area contributed by atoms with Crippen LogP contribution in [0.4, 0.5) is 11.4 Å². The molecule has 0 spiro atoms. The third kappa shape index (κ3) is 2.79. The van der Waals surface area contributed by atoms with E-state index in [9.17, 15) is 4.79 Å². The highest BCUT2D eigenvalue weighted by atomic mass is 16.5. The van der Waals surface area contributed by atoms with E-state index in [0.717, 1.165) is 37.6 Å². The number of piperazine rings is 1. The van der Waals surface area contributed by atoms with E-state index in [-0.39, 0.29) is 16.9 Å². The molecule has 1 aromatic carbocycles. The van der Waals surface area contributed by atoms with Gasteiger partial charge in [-0.1, -0.05) is 0 Å². The van der Waals surface area contributed by atoms with Crippen molar-refractivity contribution in [1.82, 2.24) is 9.88 Å². The number of benzene rings is 1. The van der Waals surface area contributed by atoms with Gasteiger partial charge in [0.05, 0.1) is 18.4 Å². The van der Waals surface area contributed by atoms with E-state index in [0.29, 0.717) is 0 Å². The minimum absolute atomic E-state index is 0.135. The standard InChI is InChI=1S/C17H19N5O2/c1-24-17(23)16-15(19)12(10-18)11-22(16)14-4-2-13(3-5-14)21-8-6-20-7-9-21/h2-5,11,20H,6-9,19H2,1H3. The molecule has 1 aliphatic heterocycles. The van der Waals surface area contributed by atoms with Crippen LogP contribution < -0.4 is 16.0 Å². The highest BCUT2D eigenvalue weighted by Crippen LogP contribution is 2.26. The molecule has 1 fully saturated rings. The van der Waals surface area contributed by atoms with Crippen LogP contribution in [0.25, 0.3) is 5.69 Å². The number of ether oxygens (including phenoxy) is 1. The second kappa shape index (κ2) is 6.64. The summed E-state index contributed by atoms with van der Waals surface area (Å²) in [5, 5.41) is 12.5. The Labute approximate surface area is 140 Å². The fourth-order valence-electron chi connectivity index (χ4n) is 2.87. The van der Waals surface area contributed by atoms with Gasteiger partial charge in [-0.25, -0.2) is 4.79 Å². The second-order valence-corrected chi connectivity index (χ2v) is 5.53. The summed E-state index contributed by atoms with van der Waals surface area (Å²) >= 11 is 0. The van der Waals surface area contributed by atoms with Gasteiger partial charge in [0.1, 0.15) is 6.07 Å². The van der Waals surface area contributed by atoms with Crippen LogP contribution in [0.1, 0.15) is 16.1 Å². The number of nitrogens with two attached hydrogens (primary N) is 1. The normalized spacial score (nSPS) is 14.2. The van der Waals surface area contributed by atoms with E-state index in [1.165, 1.54) is 7.11 Å². The Morgan fingerprint density at radius 2 is 1.88 bits per heavy atom. The van der Waals surface area contributed by atoms with Crippen molar-refractivity contribution < 1.29 is 9.53 Å². The molecule has 1 aliphatic rings.